The molecule has 1 fully saturated rings. The number of nitrogens with zero attached hydrogens (tertiary/aromatic N) is 6. The van der Waals surface area contributed by atoms with Gasteiger partial charge in [-0.05, 0) is 59.1 Å². The number of pyridine rings is 1. The maximum atomic E-state index is 13.7. The molecular weight excluding hydrogens is 510 g/mol. The number of hydrogen-bond donors (Lipinski definition) is 1. The Hall–Kier alpha value is -3.16. The molecule has 1 aliphatic heterocycles. The predicted octanol–water partition coefficient (Wildman–Crippen LogP) is 3.48. The van der Waals surface area contributed by atoms with E-state index in [1.54, 1.807) is 42.1 Å². The van der Waals surface area contributed by atoms with Crippen LogP contribution in [0.1, 0.15) is 64.1 Å². The van der Waals surface area contributed by atoms with Gasteiger partial charge in [0.25, 0.3) is 0 Å². The first kappa shape index (κ1) is 27.9. The second-order valence-electron chi connectivity index (χ2n) is 9.65. The van der Waals surface area contributed by atoms with E-state index in [0.29, 0.717) is 24.0 Å². The molecule has 0 spiro atoms. The first-order chi connectivity index (χ1) is 18.1. The zero-order chi connectivity index (χ0) is 27.4. The molecule has 1 saturated heterocycles. The molecule has 0 aromatic carbocycles. The van der Waals surface area contributed by atoms with Crippen LogP contribution in [0, 0.1) is 6.92 Å². The van der Waals surface area contributed by atoms with Crippen LogP contribution in [0.3, 0.4) is 0 Å². The Balaban J connectivity index is 1.71. The van der Waals surface area contributed by atoms with Crippen LogP contribution >= 0.6 is 0 Å². The summed E-state index contributed by atoms with van der Waals surface area (Å²) in [5.74, 6) is 1.16. The highest BCUT2D eigenvalue weighted by Crippen LogP contribution is 2.33. The minimum Gasteiger partial charge on any atom is -0.481 e. The molecule has 0 saturated carbocycles. The number of hydrogen-bond acceptors (Lipinski definition) is 10. The monoisotopic (exact) mass is 545 g/mol. The highest BCUT2D eigenvalue weighted by atomic mass is 32.2. The van der Waals surface area contributed by atoms with Crippen molar-refractivity contribution in [1.29, 1.82) is 0 Å². The third-order valence-electron chi connectivity index (χ3n) is 6.39. The summed E-state index contributed by atoms with van der Waals surface area (Å²) < 4.78 is 49.0. The van der Waals surface area contributed by atoms with Gasteiger partial charge in [-0.3, -0.25) is 9.29 Å². The van der Waals surface area contributed by atoms with Crippen molar-refractivity contribution < 1.29 is 22.6 Å². The number of methoxy groups -OCH3 is 1. The summed E-state index contributed by atoms with van der Waals surface area (Å²) in [5, 5.41) is 7.50. The molecule has 206 valence electrons. The van der Waals surface area contributed by atoms with Crippen molar-refractivity contribution in [2.75, 3.05) is 18.4 Å². The zero-order valence-electron chi connectivity index (χ0n) is 22.5. The van der Waals surface area contributed by atoms with E-state index in [-0.39, 0.29) is 30.0 Å². The van der Waals surface area contributed by atoms with Gasteiger partial charge in [0, 0.05) is 25.1 Å². The predicted molar refractivity (Wildman–Crippen MR) is 141 cm³/mol. The minimum atomic E-state index is -4.04. The van der Waals surface area contributed by atoms with E-state index < -0.39 is 21.4 Å². The van der Waals surface area contributed by atoms with Crippen molar-refractivity contribution in [2.45, 2.75) is 77.1 Å². The maximum absolute atomic E-state index is 13.7. The van der Waals surface area contributed by atoms with Gasteiger partial charge < -0.3 is 14.2 Å². The molecule has 38 heavy (non-hydrogen) atoms. The molecule has 0 radical (unpaired) electrons. The van der Waals surface area contributed by atoms with E-state index in [0.717, 1.165) is 18.4 Å². The molecule has 4 atom stereocenters. The summed E-state index contributed by atoms with van der Waals surface area (Å²) in [6, 6.07) is 5.01. The van der Waals surface area contributed by atoms with E-state index in [4.69, 9.17) is 14.2 Å². The summed E-state index contributed by atoms with van der Waals surface area (Å²) in [4.78, 5) is 13.2. The smallest absolute Gasteiger partial charge is 0.240 e. The standard InChI is InChI=1S/C25H35N7O5S/c1-15(2)37-22(23-26-13-16(3)14-27-23)18(5)38(33,34)31-25-30-29-24(19-9-7-11-21(28-19)35-6)32(25)17(4)20-10-8-12-36-20/h7,9,11,13-15,17-18,20,22H,8,10,12H2,1-6H3,(H,30,31)/t17-,18+,20-,22-/m1/s1. The lowest BCUT2D eigenvalue weighted by Crippen LogP contribution is -2.35. The summed E-state index contributed by atoms with van der Waals surface area (Å²) in [7, 11) is -2.51. The van der Waals surface area contributed by atoms with Crippen LogP contribution < -0.4 is 9.46 Å². The minimum absolute atomic E-state index is 0.0626. The van der Waals surface area contributed by atoms with Crippen molar-refractivity contribution >= 4 is 16.0 Å². The number of anilines is 1. The molecule has 0 amide bonds. The molecule has 0 bridgehead atoms. The number of ether oxygens (including phenoxy) is 3. The van der Waals surface area contributed by atoms with E-state index in [9.17, 15) is 8.42 Å². The Kier molecular flexibility index (Phi) is 8.58. The Morgan fingerprint density at radius 2 is 1.87 bits per heavy atom. The molecule has 1 aliphatic rings. The van der Waals surface area contributed by atoms with Crippen molar-refractivity contribution in [3.05, 3.63) is 42.0 Å². The lowest BCUT2D eigenvalue weighted by molar-refractivity contribution is 0.00152. The van der Waals surface area contributed by atoms with Gasteiger partial charge in [-0.2, -0.15) is 0 Å². The van der Waals surface area contributed by atoms with Crippen LogP contribution in [-0.4, -0.2) is 69.3 Å². The summed E-state index contributed by atoms with van der Waals surface area (Å²) in [5.41, 5.74) is 1.36. The molecule has 0 unspecified atom stereocenters. The fraction of sp³-hybridized carbons (Fsp3) is 0.560. The largest absolute Gasteiger partial charge is 0.481 e. The van der Waals surface area contributed by atoms with Crippen LogP contribution in [0.5, 0.6) is 5.88 Å². The zero-order valence-corrected chi connectivity index (χ0v) is 23.3. The number of aromatic nitrogens is 6. The number of nitrogens with one attached hydrogen (secondary N) is 1. The molecule has 4 heterocycles. The van der Waals surface area contributed by atoms with E-state index in [1.807, 2.05) is 27.7 Å². The molecule has 3 aromatic rings. The lowest BCUT2D eigenvalue weighted by atomic mass is 10.1. The van der Waals surface area contributed by atoms with Gasteiger partial charge in [0.05, 0.1) is 25.4 Å². The van der Waals surface area contributed by atoms with Crippen LogP contribution in [-0.2, 0) is 19.5 Å². The van der Waals surface area contributed by atoms with Crippen molar-refractivity contribution in [3.63, 3.8) is 0 Å². The van der Waals surface area contributed by atoms with Crippen LogP contribution in [0.2, 0.25) is 0 Å². The van der Waals surface area contributed by atoms with E-state index >= 15 is 0 Å². The second-order valence-corrected chi connectivity index (χ2v) is 11.7. The van der Waals surface area contributed by atoms with Crippen LogP contribution in [0.25, 0.3) is 11.5 Å². The molecule has 3 aromatic heterocycles. The van der Waals surface area contributed by atoms with Crippen LogP contribution in [0.4, 0.5) is 5.95 Å². The highest BCUT2D eigenvalue weighted by molar-refractivity contribution is 7.93. The van der Waals surface area contributed by atoms with Gasteiger partial charge in [0.1, 0.15) is 17.0 Å². The van der Waals surface area contributed by atoms with E-state index in [1.165, 1.54) is 7.11 Å². The lowest BCUT2D eigenvalue weighted by Gasteiger charge is -2.27. The summed E-state index contributed by atoms with van der Waals surface area (Å²) in [6.07, 6.45) is 3.75. The third kappa shape index (κ3) is 6.11. The number of aryl methyl sites for hydroxylation is 1. The van der Waals surface area contributed by atoms with Gasteiger partial charge in [-0.15, -0.1) is 10.2 Å². The Morgan fingerprint density at radius 1 is 1.13 bits per heavy atom. The molecule has 0 aliphatic carbocycles. The van der Waals surface area contributed by atoms with Crippen molar-refractivity contribution in [3.8, 4) is 17.4 Å². The Bertz CT molecular complexity index is 1320. The van der Waals surface area contributed by atoms with Crippen LogP contribution in [0.15, 0.2) is 30.6 Å². The number of rotatable bonds is 11. The third-order valence-corrected chi connectivity index (χ3v) is 8.08. The summed E-state index contributed by atoms with van der Waals surface area (Å²) >= 11 is 0. The highest BCUT2D eigenvalue weighted by Gasteiger charge is 2.37. The average Bonchev–Trinajstić information content (AvgIpc) is 3.57. The topological polar surface area (TPSA) is 143 Å². The Morgan fingerprint density at radius 3 is 2.50 bits per heavy atom. The fourth-order valence-electron chi connectivity index (χ4n) is 4.33. The molecular formula is C25H35N7O5S. The van der Waals surface area contributed by atoms with E-state index in [2.05, 4.69) is 29.9 Å². The average molecular weight is 546 g/mol. The molecule has 12 nitrogen and oxygen atoms in total. The maximum Gasteiger partial charge on any atom is 0.240 e. The number of sulfonamides is 1. The normalized spacial score (nSPS) is 18.3. The quantitative estimate of drug-likeness (QED) is 0.380. The van der Waals surface area contributed by atoms with Gasteiger partial charge in [0.2, 0.25) is 21.9 Å². The first-order valence-electron chi connectivity index (χ1n) is 12.6. The molecule has 1 N–H and O–H groups in total. The molecule has 4 rings (SSSR count). The van der Waals surface area contributed by atoms with Crippen molar-refractivity contribution in [1.82, 2.24) is 29.7 Å². The van der Waals surface area contributed by atoms with Crippen molar-refractivity contribution in [2.24, 2.45) is 0 Å². The van der Waals surface area contributed by atoms with Gasteiger partial charge >= 0.3 is 0 Å². The Labute approximate surface area is 223 Å². The molecule has 13 heteroatoms. The first-order valence-corrected chi connectivity index (χ1v) is 14.2. The van der Waals surface area contributed by atoms with Gasteiger partial charge in [-0.1, -0.05) is 6.07 Å². The second kappa shape index (κ2) is 11.7. The fourth-order valence-corrected chi connectivity index (χ4v) is 5.42. The van der Waals surface area contributed by atoms with Gasteiger partial charge in [-0.25, -0.2) is 23.4 Å². The van der Waals surface area contributed by atoms with Gasteiger partial charge in [0.15, 0.2) is 11.6 Å². The summed E-state index contributed by atoms with van der Waals surface area (Å²) in [6.45, 7) is 9.69. The SMILES string of the molecule is COc1cccc(-c2nnc(NS(=O)(=O)[C@@H](C)[C@@H](OC(C)C)c3ncc(C)cn3)n2[C@H](C)[C@H]2CCCO2)n1.